The van der Waals surface area contributed by atoms with Gasteiger partial charge in [-0.05, 0) is 115 Å². The van der Waals surface area contributed by atoms with Crippen LogP contribution in [0.15, 0.2) is 150 Å². The molecule has 230 valence electrons. The zero-order valence-corrected chi connectivity index (χ0v) is 27.2. The van der Waals surface area contributed by atoms with Crippen LogP contribution in [0.2, 0.25) is 0 Å². The highest BCUT2D eigenvalue weighted by Gasteiger charge is 2.39. The first kappa shape index (κ1) is 26.9. The highest BCUT2D eigenvalue weighted by molar-refractivity contribution is 6.08. The number of hydrogen-bond donors (Lipinski definition) is 0. The molecule has 0 saturated carbocycles. The maximum Gasteiger partial charge on any atom is 0.136 e. The van der Waals surface area contributed by atoms with E-state index >= 15 is 0 Å². The topological polar surface area (TPSA) is 22.4 Å². The van der Waals surface area contributed by atoms with Crippen LogP contribution in [-0.4, -0.2) is 0 Å². The third-order valence-electron chi connectivity index (χ3n) is 11.0. The minimum Gasteiger partial charge on any atom is -0.456 e. The van der Waals surface area contributed by atoms with Crippen molar-refractivity contribution in [2.24, 2.45) is 0 Å². The zero-order valence-electron chi connectivity index (χ0n) is 27.2. The van der Waals surface area contributed by atoms with Crippen molar-refractivity contribution in [3.8, 4) is 56.0 Å². The van der Waals surface area contributed by atoms with Crippen LogP contribution in [0.4, 0.5) is 0 Å². The Morgan fingerprint density at radius 3 is 2.12 bits per heavy atom. The molecule has 8 aromatic carbocycles. The van der Waals surface area contributed by atoms with Crippen molar-refractivity contribution in [1.82, 2.24) is 0 Å². The lowest BCUT2D eigenvalue weighted by atomic mass is 9.79. The van der Waals surface area contributed by atoms with Crippen molar-refractivity contribution in [1.29, 1.82) is 0 Å². The summed E-state index contributed by atoms with van der Waals surface area (Å²) in [6.45, 7) is 4.77. The van der Waals surface area contributed by atoms with E-state index < -0.39 is 0 Å². The normalized spacial score (nSPS) is 13.8. The van der Waals surface area contributed by atoms with Gasteiger partial charge in [-0.25, -0.2) is 0 Å². The van der Waals surface area contributed by atoms with Gasteiger partial charge in [0.15, 0.2) is 0 Å². The molecule has 0 saturated heterocycles. The average Bonchev–Trinajstić information content (AvgIpc) is 3.63. The molecule has 11 rings (SSSR count). The molecule has 0 spiro atoms. The predicted molar refractivity (Wildman–Crippen MR) is 203 cm³/mol. The van der Waals surface area contributed by atoms with Crippen molar-refractivity contribution < 1.29 is 9.15 Å². The van der Waals surface area contributed by atoms with Crippen LogP contribution in [0.3, 0.4) is 0 Å². The summed E-state index contributed by atoms with van der Waals surface area (Å²) >= 11 is 0. The predicted octanol–water partition coefficient (Wildman–Crippen LogP) is 13.3. The van der Waals surface area contributed by atoms with Gasteiger partial charge in [0.05, 0.1) is 0 Å². The lowest BCUT2D eigenvalue weighted by molar-refractivity contribution is 0.487. The Balaban J connectivity index is 1.18. The summed E-state index contributed by atoms with van der Waals surface area (Å²) in [4.78, 5) is 0. The highest BCUT2D eigenvalue weighted by Crippen LogP contribution is 2.56. The Morgan fingerprint density at radius 1 is 0.449 bits per heavy atom. The standard InChI is InChI=1S/C47H30O2/c1-47(2)39-25-31(29-19-22-41-38(23-29)35-14-7-10-28-11-8-16-42(48-41)44(28)35)24-37(45(39)36-21-17-27-9-3-4-12-32(27)46(36)47)30-18-20-34-33-13-5-6-15-40(33)49-43(34)26-30/h3-26H,1-2H3. The van der Waals surface area contributed by atoms with Crippen LogP contribution in [-0.2, 0) is 5.41 Å². The molecule has 1 aromatic heterocycles. The molecular weight excluding hydrogens is 597 g/mol. The molecular formula is C47H30O2. The summed E-state index contributed by atoms with van der Waals surface area (Å²) in [5.41, 5.74) is 14.1. The van der Waals surface area contributed by atoms with Gasteiger partial charge in [0.1, 0.15) is 22.7 Å². The molecule has 0 unspecified atom stereocenters. The summed E-state index contributed by atoms with van der Waals surface area (Å²) < 4.78 is 12.9. The van der Waals surface area contributed by atoms with Gasteiger partial charge in [-0.3, -0.25) is 0 Å². The van der Waals surface area contributed by atoms with E-state index in [0.29, 0.717) is 0 Å². The molecule has 2 heterocycles. The van der Waals surface area contributed by atoms with E-state index in [2.05, 4.69) is 153 Å². The van der Waals surface area contributed by atoms with Gasteiger partial charge in [-0.2, -0.15) is 0 Å². The van der Waals surface area contributed by atoms with Crippen molar-refractivity contribution >= 4 is 43.5 Å². The SMILES string of the molecule is CC1(C)c2cc(-c3ccc4c(c3)-c3cccc5cccc(c35)O4)cc(-c3ccc4c(c3)oc3ccccc34)c2-c2ccc3ccccc3c21. The van der Waals surface area contributed by atoms with Gasteiger partial charge >= 0.3 is 0 Å². The number of para-hydroxylation sites is 1. The summed E-state index contributed by atoms with van der Waals surface area (Å²) in [5, 5.41) is 7.25. The maximum absolute atomic E-state index is 6.48. The number of ether oxygens (including phenoxy) is 1. The molecule has 0 N–H and O–H groups in total. The largest absolute Gasteiger partial charge is 0.456 e. The summed E-state index contributed by atoms with van der Waals surface area (Å²) in [7, 11) is 0. The third-order valence-corrected chi connectivity index (χ3v) is 11.0. The fourth-order valence-electron chi connectivity index (χ4n) is 8.74. The summed E-state index contributed by atoms with van der Waals surface area (Å²) in [6.07, 6.45) is 0. The molecule has 0 atom stereocenters. The van der Waals surface area contributed by atoms with Crippen LogP contribution < -0.4 is 4.74 Å². The molecule has 9 aromatic rings. The van der Waals surface area contributed by atoms with Gasteiger partial charge < -0.3 is 9.15 Å². The Hall–Kier alpha value is -6.12. The first-order valence-corrected chi connectivity index (χ1v) is 17.0. The fourth-order valence-corrected chi connectivity index (χ4v) is 8.74. The van der Waals surface area contributed by atoms with Crippen LogP contribution in [0.25, 0.3) is 88.0 Å². The monoisotopic (exact) mass is 626 g/mol. The van der Waals surface area contributed by atoms with Crippen molar-refractivity contribution in [3.63, 3.8) is 0 Å². The second-order valence-corrected chi connectivity index (χ2v) is 14.1. The van der Waals surface area contributed by atoms with Gasteiger partial charge in [0.25, 0.3) is 0 Å². The average molecular weight is 627 g/mol. The van der Waals surface area contributed by atoms with Gasteiger partial charge in [-0.1, -0.05) is 111 Å². The lowest BCUT2D eigenvalue weighted by Crippen LogP contribution is -2.15. The zero-order chi connectivity index (χ0) is 32.4. The molecule has 0 amide bonds. The quantitative estimate of drug-likeness (QED) is 0.190. The van der Waals surface area contributed by atoms with E-state index in [9.17, 15) is 0 Å². The van der Waals surface area contributed by atoms with Crippen molar-refractivity contribution in [2.75, 3.05) is 0 Å². The minimum atomic E-state index is -0.207. The summed E-state index contributed by atoms with van der Waals surface area (Å²) in [5.74, 6) is 1.81. The Labute approximate surface area is 283 Å². The van der Waals surface area contributed by atoms with Crippen molar-refractivity contribution in [2.45, 2.75) is 19.3 Å². The molecule has 0 fully saturated rings. The number of furan rings is 1. The molecule has 1 aliphatic carbocycles. The second-order valence-electron chi connectivity index (χ2n) is 14.1. The third kappa shape index (κ3) is 3.66. The lowest BCUT2D eigenvalue weighted by Gasteiger charge is -2.25. The molecule has 2 aliphatic rings. The summed E-state index contributed by atoms with van der Waals surface area (Å²) in [6, 6.07) is 52.8. The van der Waals surface area contributed by atoms with Crippen LogP contribution in [0.5, 0.6) is 11.5 Å². The van der Waals surface area contributed by atoms with E-state index in [1.807, 2.05) is 6.07 Å². The highest BCUT2D eigenvalue weighted by atomic mass is 16.5. The van der Waals surface area contributed by atoms with E-state index in [1.54, 1.807) is 0 Å². The van der Waals surface area contributed by atoms with E-state index in [1.165, 1.54) is 66.1 Å². The van der Waals surface area contributed by atoms with Crippen LogP contribution >= 0.6 is 0 Å². The number of fused-ring (bicyclic) bond motifs is 10. The van der Waals surface area contributed by atoms with Gasteiger partial charge in [-0.15, -0.1) is 0 Å². The first-order chi connectivity index (χ1) is 24.0. The maximum atomic E-state index is 6.48. The molecule has 49 heavy (non-hydrogen) atoms. The van der Waals surface area contributed by atoms with Gasteiger partial charge in [0, 0.05) is 27.1 Å². The molecule has 1 aliphatic heterocycles. The van der Waals surface area contributed by atoms with E-state index in [0.717, 1.165) is 44.6 Å². The Bertz CT molecular complexity index is 2880. The van der Waals surface area contributed by atoms with Gasteiger partial charge in [0.2, 0.25) is 0 Å². The first-order valence-electron chi connectivity index (χ1n) is 17.0. The molecule has 0 bridgehead atoms. The van der Waals surface area contributed by atoms with Crippen molar-refractivity contribution in [3.05, 3.63) is 157 Å². The smallest absolute Gasteiger partial charge is 0.136 e. The molecule has 0 radical (unpaired) electrons. The molecule has 2 nitrogen and oxygen atoms in total. The van der Waals surface area contributed by atoms with Crippen LogP contribution in [0, 0.1) is 0 Å². The Morgan fingerprint density at radius 2 is 1.20 bits per heavy atom. The molecule has 2 heteroatoms. The second kappa shape index (κ2) is 9.49. The Kier molecular flexibility index (Phi) is 5.21. The number of benzene rings is 8. The van der Waals surface area contributed by atoms with E-state index in [-0.39, 0.29) is 5.41 Å². The minimum absolute atomic E-state index is 0.207. The number of hydrogen-bond acceptors (Lipinski definition) is 2. The van der Waals surface area contributed by atoms with Crippen LogP contribution in [0.1, 0.15) is 25.0 Å². The number of rotatable bonds is 2. The fraction of sp³-hybridized carbons (Fsp3) is 0.0638. The van der Waals surface area contributed by atoms with E-state index in [4.69, 9.17) is 9.15 Å².